The van der Waals surface area contributed by atoms with Gasteiger partial charge < -0.3 is 37.9 Å². The SMILES string of the molecule is COC(=O)c1cc(OC)c2c(c1-c1c(C(=O)Oc3c(/C=C4\SC(=O)NC4=O)cc(C(C)(C)C)cc3C(C)(C)C)cc(OC)c3c1OCO3)OCO2. The highest BCUT2D eigenvalue weighted by Crippen LogP contribution is 2.57. The van der Waals surface area contributed by atoms with Crippen LogP contribution in [0.25, 0.3) is 17.2 Å². The Morgan fingerprint density at radius 2 is 1.27 bits per heavy atom. The first-order valence-electron chi connectivity index (χ1n) is 15.8. The van der Waals surface area contributed by atoms with Crippen LogP contribution in [0, 0.1) is 0 Å². The van der Waals surface area contributed by atoms with Gasteiger partial charge >= 0.3 is 11.9 Å². The molecule has 2 amide bonds. The van der Waals surface area contributed by atoms with E-state index in [-0.39, 0.29) is 86.4 Å². The zero-order valence-corrected chi connectivity index (χ0v) is 30.4. The van der Waals surface area contributed by atoms with Crippen molar-refractivity contribution in [2.75, 3.05) is 34.9 Å². The van der Waals surface area contributed by atoms with Gasteiger partial charge in [-0.3, -0.25) is 14.9 Å². The molecule has 3 aromatic carbocycles. The summed E-state index contributed by atoms with van der Waals surface area (Å²) in [6.45, 7) is 11.6. The summed E-state index contributed by atoms with van der Waals surface area (Å²) in [5, 5.41) is 1.76. The summed E-state index contributed by atoms with van der Waals surface area (Å²) in [6.07, 6.45) is 1.54. The zero-order valence-electron chi connectivity index (χ0n) is 29.6. The van der Waals surface area contributed by atoms with E-state index in [2.05, 4.69) is 5.32 Å². The van der Waals surface area contributed by atoms with Crippen molar-refractivity contribution >= 4 is 40.9 Å². The second-order valence-corrected chi connectivity index (χ2v) is 14.8. The van der Waals surface area contributed by atoms with Crippen molar-refractivity contribution in [3.63, 3.8) is 0 Å². The minimum atomic E-state index is -0.867. The molecule has 1 N–H and O–H groups in total. The van der Waals surface area contributed by atoms with Gasteiger partial charge in [-0.25, -0.2) is 9.59 Å². The van der Waals surface area contributed by atoms with Crippen LogP contribution < -0.4 is 38.5 Å². The van der Waals surface area contributed by atoms with Gasteiger partial charge in [0.15, 0.2) is 23.0 Å². The van der Waals surface area contributed by atoms with E-state index < -0.39 is 28.5 Å². The van der Waals surface area contributed by atoms with E-state index in [4.69, 9.17) is 37.9 Å². The Morgan fingerprint density at radius 1 is 0.745 bits per heavy atom. The molecule has 3 heterocycles. The van der Waals surface area contributed by atoms with Gasteiger partial charge in [0.1, 0.15) is 5.75 Å². The monoisotopic (exact) mass is 719 g/mol. The number of carbonyl (C=O) groups is 4. The first-order valence-corrected chi connectivity index (χ1v) is 16.6. The fourth-order valence-corrected chi connectivity index (χ4v) is 6.55. The minimum Gasteiger partial charge on any atom is -0.493 e. The molecule has 0 unspecified atom stereocenters. The van der Waals surface area contributed by atoms with Crippen LogP contribution in [0.5, 0.6) is 40.2 Å². The van der Waals surface area contributed by atoms with Crippen LogP contribution in [0.1, 0.15) is 78.9 Å². The van der Waals surface area contributed by atoms with Crippen molar-refractivity contribution in [1.29, 1.82) is 0 Å². The minimum absolute atomic E-state index is 0.0141. The summed E-state index contributed by atoms with van der Waals surface area (Å²) >= 11 is 0.752. The first kappa shape index (κ1) is 35.5. The summed E-state index contributed by atoms with van der Waals surface area (Å²) in [5.74, 6) is -1.06. The molecule has 3 aromatic rings. The molecule has 0 aromatic heterocycles. The second kappa shape index (κ2) is 13.1. The van der Waals surface area contributed by atoms with E-state index in [1.807, 2.05) is 53.7 Å². The van der Waals surface area contributed by atoms with E-state index in [1.165, 1.54) is 39.5 Å². The van der Waals surface area contributed by atoms with Gasteiger partial charge in [-0.2, -0.15) is 0 Å². The highest BCUT2D eigenvalue weighted by Gasteiger charge is 2.39. The first-order chi connectivity index (χ1) is 24.1. The van der Waals surface area contributed by atoms with Crippen molar-refractivity contribution in [1.82, 2.24) is 5.32 Å². The molecule has 6 rings (SSSR count). The smallest absolute Gasteiger partial charge is 0.344 e. The maximum atomic E-state index is 14.8. The molecule has 51 heavy (non-hydrogen) atoms. The molecular formula is C37H37NO12S. The molecule has 0 aliphatic carbocycles. The van der Waals surface area contributed by atoms with Crippen molar-refractivity contribution in [3.05, 3.63) is 57.0 Å². The van der Waals surface area contributed by atoms with Gasteiger partial charge in [0, 0.05) is 22.3 Å². The molecule has 0 saturated carbocycles. The molecule has 0 bridgehead atoms. The van der Waals surface area contributed by atoms with Gasteiger partial charge in [0.2, 0.25) is 25.1 Å². The van der Waals surface area contributed by atoms with Gasteiger partial charge in [-0.1, -0.05) is 47.6 Å². The summed E-state index contributed by atoms with van der Waals surface area (Å²) in [4.78, 5) is 53.1. The molecule has 1 fully saturated rings. The number of benzene rings is 3. The number of hydrogen-bond donors (Lipinski definition) is 1. The molecule has 13 nitrogen and oxygen atoms in total. The molecule has 268 valence electrons. The van der Waals surface area contributed by atoms with Gasteiger partial charge in [-0.05, 0) is 52.4 Å². The lowest BCUT2D eigenvalue weighted by molar-refractivity contribution is -0.115. The number of thioether (sulfide) groups is 1. The third kappa shape index (κ3) is 6.39. The number of ether oxygens (including phenoxy) is 8. The Morgan fingerprint density at radius 3 is 1.73 bits per heavy atom. The molecule has 1 saturated heterocycles. The molecule has 14 heteroatoms. The number of carbonyl (C=O) groups excluding carboxylic acids is 4. The predicted molar refractivity (Wildman–Crippen MR) is 186 cm³/mol. The number of hydrogen-bond acceptors (Lipinski definition) is 13. The highest BCUT2D eigenvalue weighted by atomic mass is 32.2. The van der Waals surface area contributed by atoms with Crippen LogP contribution in [0.2, 0.25) is 0 Å². The van der Waals surface area contributed by atoms with Crippen molar-refractivity contribution in [2.45, 2.75) is 52.4 Å². The van der Waals surface area contributed by atoms with E-state index >= 15 is 0 Å². The zero-order chi connectivity index (χ0) is 37.0. The third-order valence-corrected chi connectivity index (χ3v) is 9.26. The van der Waals surface area contributed by atoms with E-state index in [9.17, 15) is 19.2 Å². The van der Waals surface area contributed by atoms with Crippen molar-refractivity contribution in [3.8, 4) is 51.4 Å². The van der Waals surface area contributed by atoms with Gasteiger partial charge in [-0.15, -0.1) is 0 Å². The van der Waals surface area contributed by atoms with Crippen LogP contribution in [0.15, 0.2) is 29.2 Å². The summed E-state index contributed by atoms with van der Waals surface area (Å²) in [5.41, 5.74) is 1.19. The number of rotatable bonds is 7. The molecular weight excluding hydrogens is 682 g/mol. The quantitative estimate of drug-likeness (QED) is 0.156. The van der Waals surface area contributed by atoms with E-state index in [0.29, 0.717) is 11.1 Å². The van der Waals surface area contributed by atoms with Crippen LogP contribution >= 0.6 is 11.8 Å². The highest BCUT2D eigenvalue weighted by molar-refractivity contribution is 8.18. The Balaban J connectivity index is 1.63. The maximum Gasteiger partial charge on any atom is 0.344 e. The Labute approximate surface area is 298 Å². The summed E-state index contributed by atoms with van der Waals surface area (Å²) < 4.78 is 45.9. The largest absolute Gasteiger partial charge is 0.493 e. The van der Waals surface area contributed by atoms with Crippen molar-refractivity contribution in [2.24, 2.45) is 0 Å². The van der Waals surface area contributed by atoms with Gasteiger partial charge in [0.25, 0.3) is 11.1 Å². The number of imide groups is 1. The number of esters is 2. The van der Waals surface area contributed by atoms with Gasteiger partial charge in [0.05, 0.1) is 37.4 Å². The molecule has 3 aliphatic heterocycles. The van der Waals surface area contributed by atoms with Crippen molar-refractivity contribution < 1.29 is 57.1 Å². The normalized spacial score (nSPS) is 15.6. The molecule has 0 atom stereocenters. The predicted octanol–water partition coefficient (Wildman–Crippen LogP) is 6.75. The number of fused-ring (bicyclic) bond motifs is 2. The fraction of sp³-hybridized carbons (Fsp3) is 0.351. The topological polar surface area (TPSA) is 154 Å². The summed E-state index contributed by atoms with van der Waals surface area (Å²) in [6, 6.07) is 6.65. The standard InChI is InChI=1S/C37H37NO12S/c1-36(2,3)18-10-17(11-24-32(39)38-35(42)51-24)27(21(12-18)37(4,5)6)50-34(41)20-14-23(44-8)29-31(49-16-47-29)26(20)25-19(33(40)45-9)13-22(43-7)28-30(25)48-15-46-28/h10-14H,15-16H2,1-9H3,(H,38,39,42)/b24-11-. The van der Waals surface area contributed by atoms with Crippen LogP contribution in [0.4, 0.5) is 4.79 Å². The molecule has 0 spiro atoms. The number of methoxy groups -OCH3 is 3. The van der Waals surface area contributed by atoms with E-state index in [0.717, 1.165) is 17.3 Å². The Bertz CT molecular complexity index is 2040. The van der Waals surface area contributed by atoms with E-state index in [1.54, 1.807) is 0 Å². The lowest BCUT2D eigenvalue weighted by Gasteiger charge is -2.28. The second-order valence-electron chi connectivity index (χ2n) is 13.8. The number of nitrogens with one attached hydrogen (secondary N) is 1. The summed E-state index contributed by atoms with van der Waals surface area (Å²) in [7, 11) is 4.04. The maximum absolute atomic E-state index is 14.8. The lowest BCUT2D eigenvalue weighted by Crippen LogP contribution is -2.21. The van der Waals surface area contributed by atoms with Crippen LogP contribution in [-0.2, 0) is 20.4 Å². The Hall–Kier alpha value is -5.37. The third-order valence-electron chi connectivity index (χ3n) is 8.45. The average molecular weight is 720 g/mol. The average Bonchev–Trinajstić information content (AvgIpc) is 3.83. The van der Waals surface area contributed by atoms with Crippen LogP contribution in [0.3, 0.4) is 0 Å². The van der Waals surface area contributed by atoms with Crippen LogP contribution in [-0.4, -0.2) is 58.0 Å². The lowest BCUT2D eigenvalue weighted by atomic mass is 9.78. The Kier molecular flexibility index (Phi) is 9.08. The molecule has 3 aliphatic rings. The number of amides is 2. The fourth-order valence-electron chi connectivity index (χ4n) is 5.88. The molecule has 0 radical (unpaired) electrons.